The molecule has 0 saturated heterocycles. The molecule has 2 aromatic rings. The van der Waals surface area contributed by atoms with Crippen LogP contribution in [0.3, 0.4) is 0 Å². The van der Waals surface area contributed by atoms with Crippen LogP contribution in [0.4, 0.5) is 0 Å². The summed E-state index contributed by atoms with van der Waals surface area (Å²) in [7, 11) is 3.07. The lowest BCUT2D eigenvalue weighted by atomic mass is 10.0. The Hall–Kier alpha value is -2.00. The Labute approximate surface area is 123 Å². The van der Waals surface area contributed by atoms with Crippen LogP contribution in [0.5, 0.6) is 11.5 Å². The molecule has 0 aliphatic rings. The summed E-state index contributed by atoms with van der Waals surface area (Å²) < 4.78 is 10.5. The molecule has 0 atom stereocenters. The minimum absolute atomic E-state index is 0.0541. The third kappa shape index (κ3) is 3.11. The molecule has 0 heterocycles. The van der Waals surface area contributed by atoms with Gasteiger partial charge in [0, 0.05) is 11.4 Å². The molecule has 4 heteroatoms. The molecule has 2 rings (SSSR count). The van der Waals surface area contributed by atoms with Crippen molar-refractivity contribution in [2.75, 3.05) is 14.2 Å². The Morgan fingerprint density at radius 2 is 1.55 bits per heavy atom. The molecule has 0 aromatic heterocycles. The van der Waals surface area contributed by atoms with Crippen molar-refractivity contribution >= 4 is 17.4 Å². The quantitative estimate of drug-likeness (QED) is 0.786. The molecular weight excluding hydrogens is 276 g/mol. The maximum Gasteiger partial charge on any atom is 0.174 e. The molecule has 0 amide bonds. The van der Waals surface area contributed by atoms with Gasteiger partial charge in [0.2, 0.25) is 0 Å². The molecule has 0 N–H and O–H groups in total. The summed E-state index contributed by atoms with van der Waals surface area (Å²) in [5.41, 5.74) is 1.36. The van der Waals surface area contributed by atoms with E-state index in [0.717, 1.165) is 5.56 Å². The molecule has 0 aliphatic carbocycles. The van der Waals surface area contributed by atoms with Crippen LogP contribution in [0.15, 0.2) is 42.5 Å². The summed E-state index contributed by atoms with van der Waals surface area (Å²) in [6.07, 6.45) is 0.272. The molecule has 104 valence electrons. The van der Waals surface area contributed by atoms with E-state index < -0.39 is 0 Å². The third-order valence-corrected chi connectivity index (χ3v) is 3.24. The van der Waals surface area contributed by atoms with Crippen molar-refractivity contribution in [3.05, 3.63) is 58.6 Å². The lowest BCUT2D eigenvalue weighted by molar-refractivity contribution is 0.0987. The molecular formula is C16H15ClO3. The lowest BCUT2D eigenvalue weighted by Gasteiger charge is -2.12. The summed E-state index contributed by atoms with van der Waals surface area (Å²) >= 11 is 5.84. The highest BCUT2D eigenvalue weighted by Gasteiger charge is 2.18. The second-order valence-corrected chi connectivity index (χ2v) is 4.70. The number of rotatable bonds is 5. The Balaban J connectivity index is 2.31. The van der Waals surface area contributed by atoms with Crippen molar-refractivity contribution in [1.29, 1.82) is 0 Å². The fourth-order valence-electron chi connectivity index (χ4n) is 2.00. The topological polar surface area (TPSA) is 35.5 Å². The van der Waals surface area contributed by atoms with Crippen LogP contribution in [0.2, 0.25) is 5.02 Å². The number of ether oxygens (including phenoxy) is 2. The molecule has 0 spiro atoms. The number of ketones is 1. The summed E-state index contributed by atoms with van der Waals surface area (Å²) in [4.78, 5) is 12.5. The molecule has 20 heavy (non-hydrogen) atoms. The first-order valence-electron chi connectivity index (χ1n) is 6.14. The fraction of sp³-hybridized carbons (Fsp3) is 0.188. The Morgan fingerprint density at radius 1 is 1.00 bits per heavy atom. The third-order valence-electron chi connectivity index (χ3n) is 2.98. The molecule has 0 saturated carbocycles. The highest BCUT2D eigenvalue weighted by Crippen LogP contribution is 2.29. The Bertz CT molecular complexity index is 583. The molecule has 2 aromatic carbocycles. The zero-order valence-electron chi connectivity index (χ0n) is 11.4. The maximum absolute atomic E-state index is 12.5. The highest BCUT2D eigenvalue weighted by molar-refractivity contribution is 6.30. The zero-order chi connectivity index (χ0) is 14.5. The largest absolute Gasteiger partial charge is 0.496 e. The number of hydrogen-bond donors (Lipinski definition) is 0. The number of carbonyl (C=O) groups is 1. The molecule has 0 bridgehead atoms. The van der Waals surface area contributed by atoms with Crippen LogP contribution >= 0.6 is 11.6 Å². The van der Waals surface area contributed by atoms with E-state index in [2.05, 4.69) is 0 Å². The average Bonchev–Trinajstić information content (AvgIpc) is 2.48. The average molecular weight is 291 g/mol. The van der Waals surface area contributed by atoms with E-state index in [1.807, 2.05) is 12.1 Å². The molecule has 0 fully saturated rings. The number of hydrogen-bond acceptors (Lipinski definition) is 3. The van der Waals surface area contributed by atoms with Gasteiger partial charge in [-0.2, -0.15) is 0 Å². The van der Waals surface area contributed by atoms with Crippen LogP contribution in [-0.2, 0) is 6.42 Å². The van der Waals surface area contributed by atoms with E-state index >= 15 is 0 Å². The van der Waals surface area contributed by atoms with Gasteiger partial charge in [-0.25, -0.2) is 0 Å². The minimum Gasteiger partial charge on any atom is -0.496 e. The van der Waals surface area contributed by atoms with E-state index in [9.17, 15) is 4.79 Å². The van der Waals surface area contributed by atoms with Gasteiger partial charge in [-0.3, -0.25) is 4.79 Å². The van der Waals surface area contributed by atoms with Crippen molar-refractivity contribution in [2.24, 2.45) is 0 Å². The number of Topliss-reactive ketones (excluding diaryl/α,β-unsaturated/α-hetero) is 1. The van der Waals surface area contributed by atoms with Gasteiger partial charge in [-0.1, -0.05) is 29.8 Å². The number of benzene rings is 2. The summed E-state index contributed by atoms with van der Waals surface area (Å²) in [5.74, 6) is 0.980. The lowest BCUT2D eigenvalue weighted by Crippen LogP contribution is -2.08. The number of methoxy groups -OCH3 is 2. The number of halogens is 1. The second-order valence-electron chi connectivity index (χ2n) is 4.26. The van der Waals surface area contributed by atoms with Crippen molar-refractivity contribution in [2.45, 2.75) is 6.42 Å². The van der Waals surface area contributed by atoms with Crippen LogP contribution in [0.25, 0.3) is 0 Å². The van der Waals surface area contributed by atoms with Gasteiger partial charge in [0.25, 0.3) is 0 Å². The normalized spacial score (nSPS) is 10.2. The van der Waals surface area contributed by atoms with E-state index in [4.69, 9.17) is 21.1 Å². The second kappa shape index (κ2) is 6.44. The first kappa shape index (κ1) is 14.4. The van der Waals surface area contributed by atoms with Gasteiger partial charge < -0.3 is 9.47 Å². The fourth-order valence-corrected chi connectivity index (χ4v) is 2.13. The van der Waals surface area contributed by atoms with Gasteiger partial charge in [-0.05, 0) is 29.8 Å². The Kier molecular flexibility index (Phi) is 4.64. The van der Waals surface area contributed by atoms with Crippen molar-refractivity contribution in [3.8, 4) is 11.5 Å². The van der Waals surface area contributed by atoms with E-state index in [-0.39, 0.29) is 12.2 Å². The van der Waals surface area contributed by atoms with E-state index in [0.29, 0.717) is 22.1 Å². The zero-order valence-corrected chi connectivity index (χ0v) is 12.1. The molecule has 0 aliphatic heterocycles. The van der Waals surface area contributed by atoms with E-state index in [1.54, 1.807) is 30.3 Å². The monoisotopic (exact) mass is 290 g/mol. The number of carbonyl (C=O) groups excluding carboxylic acids is 1. The van der Waals surface area contributed by atoms with Gasteiger partial charge >= 0.3 is 0 Å². The van der Waals surface area contributed by atoms with Crippen LogP contribution in [-0.4, -0.2) is 20.0 Å². The summed E-state index contributed by atoms with van der Waals surface area (Å²) in [5, 5.41) is 0.649. The maximum atomic E-state index is 12.5. The summed E-state index contributed by atoms with van der Waals surface area (Å²) in [6.45, 7) is 0. The van der Waals surface area contributed by atoms with Gasteiger partial charge in [-0.15, -0.1) is 0 Å². The molecule has 3 nitrogen and oxygen atoms in total. The SMILES string of the molecule is COc1cccc(OC)c1C(=O)Cc1ccc(Cl)cc1. The van der Waals surface area contributed by atoms with Crippen LogP contribution < -0.4 is 9.47 Å². The van der Waals surface area contributed by atoms with Gasteiger partial charge in [0.05, 0.1) is 14.2 Å². The summed E-state index contributed by atoms with van der Waals surface area (Å²) in [6, 6.07) is 12.5. The predicted molar refractivity (Wildman–Crippen MR) is 79.0 cm³/mol. The van der Waals surface area contributed by atoms with Crippen LogP contribution in [0, 0.1) is 0 Å². The van der Waals surface area contributed by atoms with Crippen LogP contribution in [0.1, 0.15) is 15.9 Å². The van der Waals surface area contributed by atoms with Crippen molar-refractivity contribution in [1.82, 2.24) is 0 Å². The predicted octanol–water partition coefficient (Wildman–Crippen LogP) is 3.78. The first-order valence-corrected chi connectivity index (χ1v) is 6.52. The standard InChI is InChI=1S/C16H15ClO3/c1-19-14-4-3-5-15(20-2)16(14)13(18)10-11-6-8-12(17)9-7-11/h3-9H,10H2,1-2H3. The smallest absolute Gasteiger partial charge is 0.174 e. The molecule has 0 radical (unpaired) electrons. The minimum atomic E-state index is -0.0541. The first-order chi connectivity index (χ1) is 9.65. The highest BCUT2D eigenvalue weighted by atomic mass is 35.5. The Morgan fingerprint density at radius 3 is 2.05 bits per heavy atom. The van der Waals surface area contributed by atoms with Gasteiger partial charge in [0.15, 0.2) is 5.78 Å². The van der Waals surface area contributed by atoms with E-state index in [1.165, 1.54) is 14.2 Å². The van der Waals surface area contributed by atoms with Crippen molar-refractivity contribution < 1.29 is 14.3 Å². The van der Waals surface area contributed by atoms with Crippen molar-refractivity contribution in [3.63, 3.8) is 0 Å². The van der Waals surface area contributed by atoms with Gasteiger partial charge in [0.1, 0.15) is 17.1 Å². The molecule has 0 unspecified atom stereocenters.